The molecule has 8 nitrogen and oxygen atoms in total. The number of benzene rings is 1. The molecule has 0 unspecified atom stereocenters. The van der Waals surface area contributed by atoms with E-state index in [1.165, 1.54) is 30.4 Å². The van der Waals surface area contributed by atoms with Gasteiger partial charge in [-0.1, -0.05) is 25.0 Å². The SMILES string of the molecule is Cc1cc(C(=O)Nc2c3c(nn2CCC2CC2)C[C@H](CCc2cccc(OCC(F)(F)F)c2)NC3=O)ns1. The molecule has 1 aliphatic carbocycles. The van der Waals surface area contributed by atoms with Gasteiger partial charge in [0.2, 0.25) is 0 Å². The molecule has 38 heavy (non-hydrogen) atoms. The van der Waals surface area contributed by atoms with Gasteiger partial charge >= 0.3 is 6.18 Å². The largest absolute Gasteiger partial charge is 0.484 e. The predicted octanol–water partition coefficient (Wildman–Crippen LogP) is 4.93. The van der Waals surface area contributed by atoms with Crippen LogP contribution in [0.5, 0.6) is 5.75 Å². The Morgan fingerprint density at radius 2 is 2.08 bits per heavy atom. The second-order valence-corrected chi connectivity index (χ2v) is 10.9. The predicted molar refractivity (Wildman–Crippen MR) is 136 cm³/mol. The van der Waals surface area contributed by atoms with Crippen molar-refractivity contribution >= 4 is 29.2 Å². The summed E-state index contributed by atoms with van der Waals surface area (Å²) in [6.45, 7) is 1.13. The molecular weight excluding hydrogens is 519 g/mol. The second kappa shape index (κ2) is 10.8. The van der Waals surface area contributed by atoms with Crippen molar-refractivity contribution in [1.82, 2.24) is 19.5 Å². The highest BCUT2D eigenvalue weighted by atomic mass is 32.1. The Kier molecular flexibility index (Phi) is 7.42. The lowest BCUT2D eigenvalue weighted by atomic mass is 9.96. The van der Waals surface area contributed by atoms with E-state index in [2.05, 4.69) is 15.0 Å². The van der Waals surface area contributed by atoms with Crippen LogP contribution in [0.2, 0.25) is 0 Å². The van der Waals surface area contributed by atoms with Crippen molar-refractivity contribution in [3.05, 3.63) is 57.7 Å². The number of fused-ring (bicyclic) bond motifs is 1. The number of aromatic nitrogens is 3. The molecule has 0 bridgehead atoms. The Bertz CT molecular complexity index is 1330. The van der Waals surface area contributed by atoms with Gasteiger partial charge in [-0.05, 0) is 67.4 Å². The molecule has 202 valence electrons. The monoisotopic (exact) mass is 547 g/mol. The number of alkyl halides is 3. The van der Waals surface area contributed by atoms with E-state index < -0.39 is 12.8 Å². The quantitative estimate of drug-likeness (QED) is 0.375. The van der Waals surface area contributed by atoms with Crippen LogP contribution in [0, 0.1) is 12.8 Å². The van der Waals surface area contributed by atoms with E-state index in [0.717, 1.165) is 16.9 Å². The fraction of sp³-hybridized carbons (Fsp3) is 0.462. The minimum Gasteiger partial charge on any atom is -0.484 e. The number of aryl methyl sites for hydroxylation is 3. The molecule has 2 amide bonds. The molecule has 1 atom stereocenters. The topological polar surface area (TPSA) is 98.1 Å². The fourth-order valence-electron chi connectivity index (χ4n) is 4.55. The molecule has 1 fully saturated rings. The molecule has 3 heterocycles. The Labute approximate surface area is 221 Å². The van der Waals surface area contributed by atoms with E-state index in [-0.39, 0.29) is 23.6 Å². The zero-order chi connectivity index (χ0) is 26.9. The van der Waals surface area contributed by atoms with E-state index in [0.29, 0.717) is 54.5 Å². The van der Waals surface area contributed by atoms with Gasteiger partial charge in [0.1, 0.15) is 22.8 Å². The van der Waals surface area contributed by atoms with Crippen molar-refractivity contribution in [1.29, 1.82) is 0 Å². The van der Waals surface area contributed by atoms with Crippen LogP contribution in [-0.4, -0.2) is 44.8 Å². The summed E-state index contributed by atoms with van der Waals surface area (Å²) >= 11 is 1.24. The van der Waals surface area contributed by atoms with Crippen molar-refractivity contribution < 1.29 is 27.5 Å². The van der Waals surface area contributed by atoms with Crippen molar-refractivity contribution in [3.8, 4) is 5.75 Å². The summed E-state index contributed by atoms with van der Waals surface area (Å²) in [7, 11) is 0. The molecule has 5 rings (SSSR count). The smallest absolute Gasteiger partial charge is 0.422 e. The number of nitrogens with one attached hydrogen (secondary N) is 2. The summed E-state index contributed by atoms with van der Waals surface area (Å²) in [5.74, 6) is 0.508. The summed E-state index contributed by atoms with van der Waals surface area (Å²) in [5, 5.41) is 10.6. The number of ether oxygens (including phenoxy) is 1. The standard InChI is InChI=1S/C26H28F3N5O3S/c1-15-11-21(33-38-15)24(35)31-23-22-20(32-34(23)10-9-16-5-6-16)13-18(30-25(22)36)8-7-17-3-2-4-19(12-17)37-14-26(27,28)29/h2-4,11-12,16,18H,5-10,13-14H2,1H3,(H,30,36)(H,31,35)/t18-/m0/s1. The van der Waals surface area contributed by atoms with E-state index in [1.54, 1.807) is 22.9 Å². The Morgan fingerprint density at radius 3 is 2.79 bits per heavy atom. The van der Waals surface area contributed by atoms with Crippen LogP contribution < -0.4 is 15.4 Å². The first-order chi connectivity index (χ1) is 18.1. The molecule has 12 heteroatoms. The number of amides is 2. The van der Waals surface area contributed by atoms with Crippen LogP contribution in [0.25, 0.3) is 0 Å². The lowest BCUT2D eigenvalue weighted by molar-refractivity contribution is -0.153. The molecule has 1 saturated carbocycles. The molecule has 2 aromatic heterocycles. The van der Waals surface area contributed by atoms with Gasteiger partial charge < -0.3 is 15.4 Å². The van der Waals surface area contributed by atoms with Crippen molar-refractivity contribution in [3.63, 3.8) is 0 Å². The zero-order valence-corrected chi connectivity index (χ0v) is 21.6. The van der Waals surface area contributed by atoms with Crippen LogP contribution in [0.4, 0.5) is 19.0 Å². The maximum Gasteiger partial charge on any atom is 0.422 e. The lowest BCUT2D eigenvalue weighted by Crippen LogP contribution is -2.41. The fourth-order valence-corrected chi connectivity index (χ4v) is 5.09. The van der Waals surface area contributed by atoms with Crippen LogP contribution >= 0.6 is 11.5 Å². The highest BCUT2D eigenvalue weighted by Crippen LogP contribution is 2.34. The summed E-state index contributed by atoms with van der Waals surface area (Å²) in [4.78, 5) is 27.0. The zero-order valence-electron chi connectivity index (χ0n) is 20.8. The molecule has 0 spiro atoms. The highest BCUT2D eigenvalue weighted by molar-refractivity contribution is 7.05. The first-order valence-corrected chi connectivity index (χ1v) is 13.4. The first kappa shape index (κ1) is 26.2. The van der Waals surface area contributed by atoms with Crippen LogP contribution in [0.1, 0.15) is 62.7 Å². The normalized spacial score (nSPS) is 17.2. The molecule has 0 saturated heterocycles. The van der Waals surface area contributed by atoms with Gasteiger partial charge in [0.05, 0.1) is 5.69 Å². The van der Waals surface area contributed by atoms with E-state index in [1.807, 2.05) is 13.0 Å². The molecule has 2 aliphatic rings. The third-order valence-electron chi connectivity index (χ3n) is 6.65. The lowest BCUT2D eigenvalue weighted by Gasteiger charge is -2.23. The second-order valence-electron chi connectivity index (χ2n) is 9.87. The summed E-state index contributed by atoms with van der Waals surface area (Å²) < 4.78 is 48.2. The number of nitrogens with zero attached hydrogens (tertiary/aromatic N) is 3. The molecule has 1 aromatic carbocycles. The average molecular weight is 548 g/mol. The Hall–Kier alpha value is -3.41. The summed E-state index contributed by atoms with van der Waals surface area (Å²) in [5.41, 5.74) is 2.11. The minimum atomic E-state index is -4.40. The van der Waals surface area contributed by atoms with Crippen molar-refractivity contribution in [2.24, 2.45) is 5.92 Å². The Morgan fingerprint density at radius 1 is 1.26 bits per heavy atom. The van der Waals surface area contributed by atoms with E-state index in [4.69, 9.17) is 9.84 Å². The van der Waals surface area contributed by atoms with Crippen LogP contribution in [0.3, 0.4) is 0 Å². The number of carbonyl (C=O) groups excluding carboxylic acids is 2. The molecule has 1 aliphatic heterocycles. The van der Waals surface area contributed by atoms with Gasteiger partial charge in [-0.3, -0.25) is 9.59 Å². The maximum absolute atomic E-state index is 13.2. The van der Waals surface area contributed by atoms with Gasteiger partial charge in [0, 0.05) is 23.9 Å². The summed E-state index contributed by atoms with van der Waals surface area (Å²) in [6, 6.07) is 8.04. The van der Waals surface area contributed by atoms with Gasteiger partial charge in [0.25, 0.3) is 11.8 Å². The van der Waals surface area contributed by atoms with Gasteiger partial charge in [-0.2, -0.15) is 22.6 Å². The van der Waals surface area contributed by atoms with Gasteiger partial charge in [-0.15, -0.1) is 0 Å². The first-order valence-electron chi connectivity index (χ1n) is 12.6. The van der Waals surface area contributed by atoms with E-state index >= 15 is 0 Å². The molecular formula is C26H28F3N5O3S. The third-order valence-corrected chi connectivity index (χ3v) is 7.34. The van der Waals surface area contributed by atoms with Gasteiger partial charge in [-0.25, -0.2) is 4.68 Å². The molecule has 3 aromatic rings. The van der Waals surface area contributed by atoms with Crippen molar-refractivity contribution in [2.75, 3.05) is 11.9 Å². The maximum atomic E-state index is 13.2. The summed E-state index contributed by atoms with van der Waals surface area (Å²) in [6.07, 6.45) is 0.496. The highest BCUT2D eigenvalue weighted by Gasteiger charge is 2.33. The minimum absolute atomic E-state index is 0.153. The molecule has 2 N–H and O–H groups in total. The van der Waals surface area contributed by atoms with E-state index in [9.17, 15) is 22.8 Å². The molecule has 0 radical (unpaired) electrons. The number of carbonyl (C=O) groups is 2. The van der Waals surface area contributed by atoms with Crippen molar-refractivity contribution in [2.45, 2.75) is 64.2 Å². The van der Waals surface area contributed by atoms with Crippen LogP contribution in [0.15, 0.2) is 30.3 Å². The number of halogens is 3. The third kappa shape index (κ3) is 6.53. The number of hydrogen-bond acceptors (Lipinski definition) is 6. The number of rotatable bonds is 10. The Balaban J connectivity index is 1.28. The number of anilines is 1. The van der Waals surface area contributed by atoms with Crippen LogP contribution in [-0.2, 0) is 19.4 Å². The number of hydrogen-bond donors (Lipinski definition) is 2. The average Bonchev–Trinajstić information content (AvgIpc) is 3.49. The van der Waals surface area contributed by atoms with Gasteiger partial charge in [0.15, 0.2) is 6.61 Å².